The molecular formula is C28H38N2O2. The number of aliphatic hydroxyl groups excluding tert-OH is 2. The van der Waals surface area contributed by atoms with Crippen LogP contribution in [-0.2, 0) is 0 Å². The third-order valence-corrected chi connectivity index (χ3v) is 8.39. The number of benzene rings is 2. The standard InChI is InChI=1S/C28H38N2O2/c31-27-20-28(32)26(30-17-13-24(14-18-30)22-9-5-2-6-10-22)19-25(27)29-15-11-23(12-16-29)21-7-3-1-4-8-21/h1-10,23-28,31-32H,11-20H2/t25-,26-,27-,28-/m1/s1. The number of piperidine rings is 2. The minimum absolute atomic E-state index is 0.173. The predicted octanol–water partition coefficient (Wildman–Crippen LogP) is 4.00. The normalized spacial score (nSPS) is 31.6. The zero-order valence-electron chi connectivity index (χ0n) is 19.1. The number of hydrogen-bond donors (Lipinski definition) is 2. The maximum Gasteiger partial charge on any atom is 0.0721 e. The number of hydrogen-bond acceptors (Lipinski definition) is 4. The van der Waals surface area contributed by atoms with E-state index < -0.39 is 12.2 Å². The molecule has 0 amide bonds. The van der Waals surface area contributed by atoms with Gasteiger partial charge in [-0.3, -0.25) is 9.80 Å². The summed E-state index contributed by atoms with van der Waals surface area (Å²) in [7, 11) is 0. The van der Waals surface area contributed by atoms with Crippen molar-refractivity contribution in [3.05, 3.63) is 71.8 Å². The number of nitrogens with zero attached hydrogens (tertiary/aromatic N) is 2. The van der Waals surface area contributed by atoms with Crippen LogP contribution in [0.4, 0.5) is 0 Å². The maximum atomic E-state index is 10.9. The fourth-order valence-corrected chi connectivity index (χ4v) is 6.49. The summed E-state index contributed by atoms with van der Waals surface area (Å²) in [6.45, 7) is 4.17. The van der Waals surface area contributed by atoms with Gasteiger partial charge in [-0.15, -0.1) is 0 Å². The van der Waals surface area contributed by atoms with Gasteiger partial charge in [-0.05, 0) is 81.2 Å². The van der Waals surface area contributed by atoms with E-state index in [2.05, 4.69) is 70.5 Å². The Labute approximate surface area is 192 Å². The molecule has 2 saturated heterocycles. The van der Waals surface area contributed by atoms with Crippen molar-refractivity contribution < 1.29 is 10.2 Å². The molecule has 0 aromatic heterocycles. The SMILES string of the molecule is O[C@@H]1C[C@@H](O)[C@H](N2CCC(c3ccccc3)CC2)C[C@H]1N1CCC(c2ccccc2)CC1. The molecule has 2 aromatic rings. The number of rotatable bonds is 4. The molecular weight excluding hydrogens is 396 g/mol. The monoisotopic (exact) mass is 434 g/mol. The lowest BCUT2D eigenvalue weighted by Crippen LogP contribution is -2.59. The van der Waals surface area contributed by atoms with Crippen LogP contribution < -0.4 is 0 Å². The van der Waals surface area contributed by atoms with Crippen molar-refractivity contribution in [2.24, 2.45) is 0 Å². The Balaban J connectivity index is 1.18. The van der Waals surface area contributed by atoms with E-state index in [-0.39, 0.29) is 12.1 Å². The van der Waals surface area contributed by atoms with Gasteiger partial charge in [0.25, 0.3) is 0 Å². The highest BCUT2D eigenvalue weighted by Crippen LogP contribution is 2.36. The molecule has 172 valence electrons. The lowest BCUT2D eigenvalue weighted by atomic mass is 9.81. The molecule has 3 aliphatic rings. The van der Waals surface area contributed by atoms with E-state index >= 15 is 0 Å². The summed E-state index contributed by atoms with van der Waals surface area (Å²) in [5.74, 6) is 1.26. The average molecular weight is 435 g/mol. The lowest BCUT2D eigenvalue weighted by molar-refractivity contribution is -0.0799. The Hall–Kier alpha value is -1.72. The van der Waals surface area contributed by atoms with Gasteiger partial charge in [-0.1, -0.05) is 60.7 Å². The molecule has 0 radical (unpaired) electrons. The van der Waals surface area contributed by atoms with Crippen molar-refractivity contribution in [1.29, 1.82) is 0 Å². The third kappa shape index (κ3) is 4.79. The summed E-state index contributed by atoms with van der Waals surface area (Å²) < 4.78 is 0. The van der Waals surface area contributed by atoms with Gasteiger partial charge in [0.1, 0.15) is 0 Å². The van der Waals surface area contributed by atoms with E-state index in [0.717, 1.165) is 58.3 Å². The molecule has 2 heterocycles. The highest BCUT2D eigenvalue weighted by molar-refractivity contribution is 5.21. The molecule has 2 N–H and O–H groups in total. The van der Waals surface area contributed by atoms with Crippen LogP contribution in [0.3, 0.4) is 0 Å². The van der Waals surface area contributed by atoms with Crippen LogP contribution in [0.15, 0.2) is 60.7 Å². The molecule has 0 bridgehead atoms. The molecule has 4 nitrogen and oxygen atoms in total. The molecule has 4 heteroatoms. The van der Waals surface area contributed by atoms with Gasteiger partial charge in [0, 0.05) is 18.5 Å². The molecule has 2 aromatic carbocycles. The van der Waals surface area contributed by atoms with E-state index in [1.165, 1.54) is 11.1 Å². The first-order valence-corrected chi connectivity index (χ1v) is 12.6. The smallest absolute Gasteiger partial charge is 0.0721 e. The molecule has 2 aliphatic heterocycles. The van der Waals surface area contributed by atoms with E-state index in [9.17, 15) is 10.2 Å². The van der Waals surface area contributed by atoms with Crippen LogP contribution in [0.2, 0.25) is 0 Å². The van der Waals surface area contributed by atoms with Gasteiger partial charge in [-0.25, -0.2) is 0 Å². The zero-order chi connectivity index (χ0) is 21.9. The molecule has 4 atom stereocenters. The zero-order valence-corrected chi connectivity index (χ0v) is 19.1. The number of likely N-dealkylation sites (tertiary alicyclic amines) is 2. The average Bonchev–Trinajstić information content (AvgIpc) is 2.86. The van der Waals surface area contributed by atoms with Crippen LogP contribution in [0.5, 0.6) is 0 Å². The van der Waals surface area contributed by atoms with Gasteiger partial charge in [0.2, 0.25) is 0 Å². The van der Waals surface area contributed by atoms with Crippen LogP contribution in [-0.4, -0.2) is 70.5 Å². The highest BCUT2D eigenvalue weighted by Gasteiger charge is 2.42. The van der Waals surface area contributed by atoms with Gasteiger partial charge < -0.3 is 10.2 Å². The Kier molecular flexibility index (Phi) is 6.94. The Bertz CT molecular complexity index is 760. The van der Waals surface area contributed by atoms with Crippen LogP contribution >= 0.6 is 0 Å². The Morgan fingerprint density at radius 3 is 1.28 bits per heavy atom. The summed E-state index contributed by atoms with van der Waals surface area (Å²) >= 11 is 0. The molecule has 0 unspecified atom stereocenters. The minimum atomic E-state index is -0.420. The summed E-state index contributed by atoms with van der Waals surface area (Å²) in [6, 6.07) is 22.1. The molecule has 32 heavy (non-hydrogen) atoms. The van der Waals surface area contributed by atoms with Crippen LogP contribution in [0.25, 0.3) is 0 Å². The second kappa shape index (κ2) is 10.0. The van der Waals surface area contributed by atoms with Crippen molar-refractivity contribution in [1.82, 2.24) is 9.80 Å². The first-order chi connectivity index (χ1) is 15.7. The summed E-state index contributed by atoms with van der Waals surface area (Å²) in [5, 5.41) is 21.7. The van der Waals surface area contributed by atoms with E-state index in [0.29, 0.717) is 18.3 Å². The molecule has 1 aliphatic carbocycles. The Morgan fingerprint density at radius 2 is 0.906 bits per heavy atom. The van der Waals surface area contributed by atoms with Crippen molar-refractivity contribution in [2.45, 2.75) is 74.7 Å². The van der Waals surface area contributed by atoms with Crippen LogP contribution in [0, 0.1) is 0 Å². The first kappa shape index (κ1) is 22.1. The molecule has 1 saturated carbocycles. The quantitative estimate of drug-likeness (QED) is 0.764. The van der Waals surface area contributed by atoms with E-state index in [1.54, 1.807) is 0 Å². The van der Waals surface area contributed by atoms with Gasteiger partial charge >= 0.3 is 0 Å². The third-order valence-electron chi connectivity index (χ3n) is 8.39. The fraction of sp³-hybridized carbons (Fsp3) is 0.571. The van der Waals surface area contributed by atoms with Crippen LogP contribution in [0.1, 0.15) is 61.5 Å². The van der Waals surface area contributed by atoms with E-state index in [4.69, 9.17) is 0 Å². The fourth-order valence-electron chi connectivity index (χ4n) is 6.49. The highest BCUT2D eigenvalue weighted by atomic mass is 16.3. The van der Waals surface area contributed by atoms with E-state index in [1.807, 2.05) is 0 Å². The van der Waals surface area contributed by atoms with Gasteiger partial charge in [0.05, 0.1) is 12.2 Å². The lowest BCUT2D eigenvalue weighted by Gasteiger charge is -2.49. The Morgan fingerprint density at radius 1 is 0.531 bits per heavy atom. The minimum Gasteiger partial charge on any atom is -0.391 e. The first-order valence-electron chi connectivity index (χ1n) is 12.6. The van der Waals surface area contributed by atoms with Gasteiger partial charge in [0.15, 0.2) is 0 Å². The number of aliphatic hydroxyl groups is 2. The summed E-state index contributed by atoms with van der Waals surface area (Å²) in [4.78, 5) is 5.03. The van der Waals surface area contributed by atoms with Crippen molar-refractivity contribution >= 4 is 0 Å². The topological polar surface area (TPSA) is 46.9 Å². The molecule has 5 rings (SSSR count). The molecule has 3 fully saturated rings. The maximum absolute atomic E-state index is 10.9. The summed E-state index contributed by atoms with van der Waals surface area (Å²) in [6.07, 6.45) is 5.17. The second-order valence-electron chi connectivity index (χ2n) is 10.2. The largest absolute Gasteiger partial charge is 0.391 e. The second-order valence-corrected chi connectivity index (χ2v) is 10.2. The van der Waals surface area contributed by atoms with Crippen molar-refractivity contribution in [3.8, 4) is 0 Å². The predicted molar refractivity (Wildman–Crippen MR) is 129 cm³/mol. The van der Waals surface area contributed by atoms with Gasteiger partial charge in [-0.2, -0.15) is 0 Å². The molecule has 0 spiro atoms. The summed E-state index contributed by atoms with van der Waals surface area (Å²) in [5.41, 5.74) is 2.90. The van der Waals surface area contributed by atoms with Crippen molar-refractivity contribution in [3.63, 3.8) is 0 Å². The van der Waals surface area contributed by atoms with Crippen molar-refractivity contribution in [2.75, 3.05) is 26.2 Å².